The number of aliphatic hydroxyl groups excluding tert-OH is 1. The maximum atomic E-state index is 12.9. The number of aliphatic hydroxyl groups is 1. The standard InChI is InChI=1S/C18H27FN2O3/c1-24-11-10-18(8-2-3-9-18)13-21-17(23)20-12-16(22)14-4-6-15(19)7-5-14/h4-7,16,22H,2-3,8-13H2,1H3,(H2,20,21,23). The van der Waals surface area contributed by atoms with E-state index in [2.05, 4.69) is 10.6 Å². The van der Waals surface area contributed by atoms with E-state index in [-0.39, 0.29) is 23.8 Å². The van der Waals surface area contributed by atoms with Gasteiger partial charge in [-0.05, 0) is 42.4 Å². The Morgan fingerprint density at radius 2 is 1.96 bits per heavy atom. The molecular weight excluding hydrogens is 311 g/mol. The zero-order chi connectivity index (χ0) is 17.4. The van der Waals surface area contributed by atoms with Gasteiger partial charge in [-0.25, -0.2) is 9.18 Å². The molecule has 0 bridgehead atoms. The third-order valence-electron chi connectivity index (χ3n) is 4.84. The lowest BCUT2D eigenvalue weighted by Gasteiger charge is -2.29. The first kappa shape index (κ1) is 18.7. The first-order valence-electron chi connectivity index (χ1n) is 8.49. The maximum absolute atomic E-state index is 12.9. The SMILES string of the molecule is COCCC1(CNC(=O)NCC(O)c2ccc(F)cc2)CCCC1. The van der Waals surface area contributed by atoms with E-state index in [9.17, 15) is 14.3 Å². The van der Waals surface area contributed by atoms with Gasteiger partial charge in [0.05, 0.1) is 6.10 Å². The fraction of sp³-hybridized carbons (Fsp3) is 0.611. The van der Waals surface area contributed by atoms with E-state index < -0.39 is 6.10 Å². The molecule has 0 aromatic heterocycles. The van der Waals surface area contributed by atoms with E-state index in [0.29, 0.717) is 18.7 Å². The van der Waals surface area contributed by atoms with Crippen molar-refractivity contribution in [3.63, 3.8) is 0 Å². The molecular formula is C18H27FN2O3. The Balaban J connectivity index is 1.75. The predicted molar refractivity (Wildman–Crippen MR) is 90.2 cm³/mol. The molecule has 5 nitrogen and oxygen atoms in total. The van der Waals surface area contributed by atoms with E-state index in [4.69, 9.17) is 4.74 Å². The Hall–Kier alpha value is -1.66. The second kappa shape index (κ2) is 8.99. The second-order valence-electron chi connectivity index (χ2n) is 6.58. The van der Waals surface area contributed by atoms with E-state index in [1.165, 1.54) is 37.1 Å². The Morgan fingerprint density at radius 3 is 2.58 bits per heavy atom. The van der Waals surface area contributed by atoms with Gasteiger partial charge in [0.25, 0.3) is 0 Å². The summed E-state index contributed by atoms with van der Waals surface area (Å²) in [5.41, 5.74) is 0.701. The molecule has 1 fully saturated rings. The Bertz CT molecular complexity index is 516. The van der Waals surface area contributed by atoms with Crippen molar-refractivity contribution < 1.29 is 19.0 Å². The molecule has 1 aliphatic rings. The first-order valence-corrected chi connectivity index (χ1v) is 8.49. The molecule has 0 aliphatic heterocycles. The molecule has 134 valence electrons. The average molecular weight is 338 g/mol. The van der Waals surface area contributed by atoms with Gasteiger partial charge in [-0.15, -0.1) is 0 Å². The van der Waals surface area contributed by atoms with Crippen molar-refractivity contribution in [2.24, 2.45) is 5.41 Å². The topological polar surface area (TPSA) is 70.6 Å². The highest BCUT2D eigenvalue weighted by Gasteiger charge is 2.33. The van der Waals surface area contributed by atoms with Gasteiger partial charge in [0.15, 0.2) is 0 Å². The second-order valence-corrected chi connectivity index (χ2v) is 6.58. The molecule has 1 saturated carbocycles. The molecule has 1 atom stereocenters. The Kier molecular flexibility index (Phi) is 6.99. The normalized spacial score (nSPS) is 17.5. The van der Waals surface area contributed by atoms with Crippen LogP contribution in [-0.2, 0) is 4.74 Å². The van der Waals surface area contributed by atoms with Crippen LogP contribution in [0.15, 0.2) is 24.3 Å². The van der Waals surface area contributed by atoms with Gasteiger partial charge in [-0.3, -0.25) is 0 Å². The van der Waals surface area contributed by atoms with Gasteiger partial charge in [0.1, 0.15) is 5.82 Å². The van der Waals surface area contributed by atoms with Crippen LogP contribution in [0.3, 0.4) is 0 Å². The van der Waals surface area contributed by atoms with E-state index >= 15 is 0 Å². The van der Waals surface area contributed by atoms with Crippen LogP contribution in [0.5, 0.6) is 0 Å². The molecule has 2 rings (SSSR count). The Morgan fingerprint density at radius 1 is 1.29 bits per heavy atom. The van der Waals surface area contributed by atoms with Gasteiger partial charge >= 0.3 is 6.03 Å². The zero-order valence-corrected chi connectivity index (χ0v) is 14.2. The van der Waals surface area contributed by atoms with E-state index in [1.807, 2.05) is 0 Å². The number of hydrogen-bond donors (Lipinski definition) is 3. The van der Waals surface area contributed by atoms with E-state index in [0.717, 1.165) is 19.3 Å². The number of ether oxygens (including phenoxy) is 1. The van der Waals surface area contributed by atoms with Gasteiger partial charge in [0.2, 0.25) is 0 Å². The van der Waals surface area contributed by atoms with Crippen molar-refractivity contribution in [1.29, 1.82) is 0 Å². The highest BCUT2D eigenvalue weighted by Crippen LogP contribution is 2.40. The number of carbonyl (C=O) groups is 1. The van der Waals surface area contributed by atoms with Crippen molar-refractivity contribution in [2.75, 3.05) is 26.8 Å². The van der Waals surface area contributed by atoms with Crippen LogP contribution in [0.2, 0.25) is 0 Å². The number of nitrogens with one attached hydrogen (secondary N) is 2. The van der Waals surface area contributed by atoms with Crippen LogP contribution >= 0.6 is 0 Å². The molecule has 1 unspecified atom stereocenters. The number of hydrogen-bond acceptors (Lipinski definition) is 3. The summed E-state index contributed by atoms with van der Waals surface area (Å²) < 4.78 is 18.1. The van der Waals surface area contributed by atoms with Crippen LogP contribution in [0.4, 0.5) is 9.18 Å². The zero-order valence-electron chi connectivity index (χ0n) is 14.2. The smallest absolute Gasteiger partial charge is 0.314 e. The number of rotatable bonds is 8. The summed E-state index contributed by atoms with van der Waals surface area (Å²) in [5, 5.41) is 15.6. The first-order chi connectivity index (χ1) is 11.5. The summed E-state index contributed by atoms with van der Waals surface area (Å²) in [6, 6.07) is 5.31. The molecule has 6 heteroatoms. The summed E-state index contributed by atoms with van der Waals surface area (Å²) in [5.74, 6) is -0.352. The number of halogens is 1. The summed E-state index contributed by atoms with van der Waals surface area (Å²) in [6.07, 6.45) is 4.68. The summed E-state index contributed by atoms with van der Waals surface area (Å²) in [6.45, 7) is 1.41. The van der Waals surface area contributed by atoms with E-state index in [1.54, 1.807) is 7.11 Å². The number of urea groups is 1. The fourth-order valence-electron chi connectivity index (χ4n) is 3.28. The quantitative estimate of drug-likeness (QED) is 0.682. The Labute approximate surface area is 142 Å². The van der Waals surface area contributed by atoms with Gasteiger partial charge in [-0.2, -0.15) is 0 Å². The van der Waals surface area contributed by atoms with Crippen LogP contribution in [0.25, 0.3) is 0 Å². The highest BCUT2D eigenvalue weighted by molar-refractivity contribution is 5.73. The molecule has 1 aromatic rings. The number of methoxy groups -OCH3 is 1. The highest BCUT2D eigenvalue weighted by atomic mass is 19.1. The molecule has 0 saturated heterocycles. The largest absolute Gasteiger partial charge is 0.387 e. The minimum absolute atomic E-state index is 0.0859. The molecule has 3 N–H and O–H groups in total. The van der Waals surface area contributed by atoms with Crippen molar-refractivity contribution in [3.05, 3.63) is 35.6 Å². The van der Waals surface area contributed by atoms with Crippen molar-refractivity contribution in [2.45, 2.75) is 38.2 Å². The lowest BCUT2D eigenvalue weighted by molar-refractivity contribution is 0.135. The molecule has 2 amide bonds. The molecule has 0 radical (unpaired) electrons. The fourth-order valence-corrected chi connectivity index (χ4v) is 3.28. The van der Waals surface area contributed by atoms with Crippen molar-refractivity contribution >= 4 is 6.03 Å². The molecule has 0 spiro atoms. The molecule has 24 heavy (non-hydrogen) atoms. The lowest BCUT2D eigenvalue weighted by atomic mass is 9.83. The van der Waals surface area contributed by atoms with Crippen LogP contribution < -0.4 is 10.6 Å². The predicted octanol–water partition coefficient (Wildman–Crippen LogP) is 2.76. The number of carbonyl (C=O) groups excluding carboxylic acids is 1. The van der Waals surface area contributed by atoms with Crippen LogP contribution in [0.1, 0.15) is 43.8 Å². The van der Waals surface area contributed by atoms with Gasteiger partial charge in [0, 0.05) is 26.8 Å². The van der Waals surface area contributed by atoms with Gasteiger partial charge < -0.3 is 20.5 Å². The molecule has 0 heterocycles. The molecule has 1 aromatic carbocycles. The summed E-state index contributed by atoms with van der Waals surface area (Å²) >= 11 is 0. The van der Waals surface area contributed by atoms with Gasteiger partial charge in [-0.1, -0.05) is 25.0 Å². The third kappa shape index (κ3) is 5.46. The minimum atomic E-state index is -0.856. The third-order valence-corrected chi connectivity index (χ3v) is 4.84. The van der Waals surface area contributed by atoms with Crippen molar-refractivity contribution in [3.8, 4) is 0 Å². The van der Waals surface area contributed by atoms with Crippen molar-refractivity contribution in [1.82, 2.24) is 10.6 Å². The maximum Gasteiger partial charge on any atom is 0.314 e. The lowest BCUT2D eigenvalue weighted by Crippen LogP contribution is -2.43. The monoisotopic (exact) mass is 338 g/mol. The minimum Gasteiger partial charge on any atom is -0.387 e. The number of amides is 2. The molecule has 1 aliphatic carbocycles. The van der Waals surface area contributed by atoms with Crippen LogP contribution in [-0.4, -0.2) is 37.9 Å². The average Bonchev–Trinajstić information content (AvgIpc) is 3.06. The summed E-state index contributed by atoms with van der Waals surface area (Å²) in [4.78, 5) is 12.0. The summed E-state index contributed by atoms with van der Waals surface area (Å²) in [7, 11) is 1.69. The van der Waals surface area contributed by atoms with Crippen LogP contribution in [0, 0.1) is 11.2 Å². The number of benzene rings is 1.